The van der Waals surface area contributed by atoms with Gasteiger partial charge in [0.05, 0.1) is 5.02 Å². The molecule has 0 unspecified atom stereocenters. The Morgan fingerprint density at radius 1 is 1.29 bits per heavy atom. The molecule has 1 heterocycles. The molecule has 1 saturated heterocycles. The number of nitrogens with one attached hydrogen (secondary N) is 1. The Morgan fingerprint density at radius 2 is 2.00 bits per heavy atom. The molecule has 114 valence electrons. The first kappa shape index (κ1) is 14.8. The second kappa shape index (κ2) is 6.32. The van der Waals surface area contributed by atoms with Gasteiger partial charge in [0.15, 0.2) is 0 Å². The summed E-state index contributed by atoms with van der Waals surface area (Å²) in [5, 5.41) is 2.83. The Hall–Kier alpha value is -1.13. The smallest absolute Gasteiger partial charge is 0.224 e. The molecule has 0 aromatic heterocycles. The predicted octanol–water partition coefficient (Wildman–Crippen LogP) is 3.68. The van der Waals surface area contributed by atoms with Crippen LogP contribution in [0.5, 0.6) is 0 Å². The van der Waals surface area contributed by atoms with Crippen molar-refractivity contribution in [3.63, 3.8) is 0 Å². The lowest BCUT2D eigenvalue weighted by Crippen LogP contribution is -2.36. The van der Waals surface area contributed by atoms with Gasteiger partial charge in [-0.2, -0.15) is 0 Å². The second-order valence-corrected chi connectivity index (χ2v) is 6.50. The van der Waals surface area contributed by atoms with Crippen LogP contribution < -0.4 is 5.32 Å². The SMILES string of the molecule is O=C(CC1CCN(C2CC2)CC1)Nc1ccc(F)c(Cl)c1. The molecule has 1 amide bonds. The lowest BCUT2D eigenvalue weighted by molar-refractivity contribution is -0.117. The van der Waals surface area contributed by atoms with Gasteiger partial charge in [-0.25, -0.2) is 4.39 Å². The van der Waals surface area contributed by atoms with E-state index in [1.165, 1.54) is 31.0 Å². The second-order valence-electron chi connectivity index (χ2n) is 6.09. The van der Waals surface area contributed by atoms with Gasteiger partial charge in [-0.15, -0.1) is 0 Å². The third-order valence-electron chi connectivity index (χ3n) is 4.39. The quantitative estimate of drug-likeness (QED) is 0.920. The van der Waals surface area contributed by atoms with Crippen molar-refractivity contribution in [2.75, 3.05) is 18.4 Å². The Morgan fingerprint density at radius 3 is 2.62 bits per heavy atom. The Labute approximate surface area is 129 Å². The van der Waals surface area contributed by atoms with Gasteiger partial charge in [0.2, 0.25) is 5.91 Å². The van der Waals surface area contributed by atoms with Crippen molar-refractivity contribution in [3.8, 4) is 0 Å². The van der Waals surface area contributed by atoms with E-state index in [2.05, 4.69) is 10.2 Å². The van der Waals surface area contributed by atoms with Gasteiger partial charge in [-0.05, 0) is 62.9 Å². The number of carbonyl (C=O) groups excluding carboxylic acids is 1. The molecule has 0 atom stereocenters. The summed E-state index contributed by atoms with van der Waals surface area (Å²) in [6, 6.07) is 5.08. The van der Waals surface area contributed by atoms with Gasteiger partial charge < -0.3 is 10.2 Å². The molecule has 1 saturated carbocycles. The minimum Gasteiger partial charge on any atom is -0.326 e. The van der Waals surface area contributed by atoms with Crippen molar-refractivity contribution in [2.45, 2.75) is 38.1 Å². The van der Waals surface area contributed by atoms with Crippen molar-refractivity contribution in [2.24, 2.45) is 5.92 Å². The maximum atomic E-state index is 13.1. The number of hydrogen-bond acceptors (Lipinski definition) is 2. The molecule has 1 aromatic rings. The maximum Gasteiger partial charge on any atom is 0.224 e. The monoisotopic (exact) mass is 310 g/mol. The van der Waals surface area contributed by atoms with E-state index < -0.39 is 5.82 Å². The highest BCUT2D eigenvalue weighted by atomic mass is 35.5. The molecule has 2 aliphatic rings. The number of nitrogens with zero attached hydrogens (tertiary/aromatic N) is 1. The average molecular weight is 311 g/mol. The van der Waals surface area contributed by atoms with Crippen LogP contribution in [-0.2, 0) is 4.79 Å². The largest absolute Gasteiger partial charge is 0.326 e. The van der Waals surface area contributed by atoms with E-state index in [9.17, 15) is 9.18 Å². The first-order valence-electron chi connectivity index (χ1n) is 7.61. The zero-order chi connectivity index (χ0) is 14.8. The number of piperidine rings is 1. The fourth-order valence-corrected chi connectivity index (χ4v) is 3.19. The molecule has 1 N–H and O–H groups in total. The summed E-state index contributed by atoms with van der Waals surface area (Å²) in [6.07, 6.45) is 5.41. The average Bonchev–Trinajstić information content (AvgIpc) is 3.28. The predicted molar refractivity (Wildman–Crippen MR) is 82.0 cm³/mol. The number of halogens is 2. The summed E-state index contributed by atoms with van der Waals surface area (Å²) >= 11 is 5.71. The topological polar surface area (TPSA) is 32.3 Å². The molecular weight excluding hydrogens is 291 g/mol. The van der Waals surface area contributed by atoms with Crippen LogP contribution in [0.2, 0.25) is 5.02 Å². The minimum atomic E-state index is -0.470. The molecule has 1 aromatic carbocycles. The van der Waals surface area contributed by atoms with Crippen LogP contribution in [0.4, 0.5) is 10.1 Å². The van der Waals surface area contributed by atoms with Crippen LogP contribution >= 0.6 is 11.6 Å². The fraction of sp³-hybridized carbons (Fsp3) is 0.562. The molecule has 3 rings (SSSR count). The van der Waals surface area contributed by atoms with Crippen molar-refractivity contribution in [1.82, 2.24) is 4.90 Å². The number of hydrogen-bond donors (Lipinski definition) is 1. The van der Waals surface area contributed by atoms with Crippen LogP contribution in [0.1, 0.15) is 32.1 Å². The van der Waals surface area contributed by atoms with Crippen LogP contribution in [0.15, 0.2) is 18.2 Å². The van der Waals surface area contributed by atoms with Crippen molar-refractivity contribution >= 4 is 23.2 Å². The first-order valence-corrected chi connectivity index (χ1v) is 7.98. The number of likely N-dealkylation sites (tertiary alicyclic amines) is 1. The Kier molecular flexibility index (Phi) is 4.45. The zero-order valence-electron chi connectivity index (χ0n) is 11.9. The number of carbonyl (C=O) groups is 1. The van der Waals surface area contributed by atoms with Gasteiger partial charge in [0.25, 0.3) is 0 Å². The van der Waals surface area contributed by atoms with E-state index in [1.54, 1.807) is 0 Å². The number of anilines is 1. The number of benzene rings is 1. The summed E-state index contributed by atoms with van der Waals surface area (Å²) in [4.78, 5) is 14.6. The van der Waals surface area contributed by atoms with Crippen molar-refractivity contribution in [3.05, 3.63) is 29.0 Å². The first-order chi connectivity index (χ1) is 10.1. The summed E-state index contributed by atoms with van der Waals surface area (Å²) in [5.41, 5.74) is 0.557. The molecule has 21 heavy (non-hydrogen) atoms. The third-order valence-corrected chi connectivity index (χ3v) is 4.68. The van der Waals surface area contributed by atoms with Crippen LogP contribution in [-0.4, -0.2) is 29.9 Å². The normalized spacial score (nSPS) is 20.5. The summed E-state index contributed by atoms with van der Waals surface area (Å²) in [6.45, 7) is 2.23. The molecule has 0 bridgehead atoms. The third kappa shape index (κ3) is 3.95. The van der Waals surface area contributed by atoms with Crippen molar-refractivity contribution in [1.29, 1.82) is 0 Å². The van der Waals surface area contributed by atoms with Gasteiger partial charge in [-0.1, -0.05) is 11.6 Å². The standard InChI is InChI=1S/C16H20ClFN2O/c17-14-10-12(1-4-15(14)18)19-16(21)9-11-5-7-20(8-6-11)13-2-3-13/h1,4,10-11,13H,2-3,5-9H2,(H,19,21). The lowest BCUT2D eigenvalue weighted by Gasteiger charge is -2.31. The molecule has 3 nitrogen and oxygen atoms in total. The van der Waals surface area contributed by atoms with Crippen LogP contribution in [0, 0.1) is 11.7 Å². The van der Waals surface area contributed by atoms with Gasteiger partial charge >= 0.3 is 0 Å². The highest BCUT2D eigenvalue weighted by Gasteiger charge is 2.32. The van der Waals surface area contributed by atoms with Crippen LogP contribution in [0.3, 0.4) is 0 Å². The van der Waals surface area contributed by atoms with E-state index in [0.717, 1.165) is 32.0 Å². The Bertz CT molecular complexity index is 525. The van der Waals surface area contributed by atoms with Gasteiger partial charge in [-0.3, -0.25) is 4.79 Å². The van der Waals surface area contributed by atoms with E-state index in [1.807, 2.05) is 0 Å². The Balaban J connectivity index is 1.46. The van der Waals surface area contributed by atoms with E-state index in [-0.39, 0.29) is 10.9 Å². The molecule has 2 fully saturated rings. The molecular formula is C16H20ClFN2O. The maximum absolute atomic E-state index is 13.1. The molecule has 0 spiro atoms. The van der Waals surface area contributed by atoms with E-state index in [4.69, 9.17) is 11.6 Å². The summed E-state index contributed by atoms with van der Waals surface area (Å²) in [5.74, 6) is -0.0272. The molecule has 1 aliphatic carbocycles. The number of rotatable bonds is 4. The zero-order valence-corrected chi connectivity index (χ0v) is 12.7. The molecule has 1 aliphatic heterocycles. The highest BCUT2D eigenvalue weighted by molar-refractivity contribution is 6.31. The highest BCUT2D eigenvalue weighted by Crippen LogP contribution is 2.31. The molecule has 0 radical (unpaired) electrons. The number of amides is 1. The minimum absolute atomic E-state index is 0.0115. The summed E-state index contributed by atoms with van der Waals surface area (Å²) in [7, 11) is 0. The molecule has 5 heteroatoms. The van der Waals surface area contributed by atoms with Crippen LogP contribution in [0.25, 0.3) is 0 Å². The van der Waals surface area contributed by atoms with Gasteiger partial charge in [0.1, 0.15) is 5.82 Å². The van der Waals surface area contributed by atoms with Gasteiger partial charge in [0, 0.05) is 18.2 Å². The lowest BCUT2D eigenvalue weighted by atomic mass is 9.93. The summed E-state index contributed by atoms with van der Waals surface area (Å²) < 4.78 is 13.1. The van der Waals surface area contributed by atoms with E-state index in [0.29, 0.717) is 18.0 Å². The van der Waals surface area contributed by atoms with E-state index >= 15 is 0 Å². The fourth-order valence-electron chi connectivity index (χ4n) is 3.01. The van der Waals surface area contributed by atoms with Crippen molar-refractivity contribution < 1.29 is 9.18 Å².